The van der Waals surface area contributed by atoms with Crippen molar-refractivity contribution in [2.24, 2.45) is 0 Å². The first-order chi connectivity index (χ1) is 9.82. The van der Waals surface area contributed by atoms with Crippen LogP contribution in [0.2, 0.25) is 0 Å². The van der Waals surface area contributed by atoms with E-state index in [4.69, 9.17) is 14.0 Å². The molecule has 3 rings (SSSR count). The summed E-state index contributed by atoms with van der Waals surface area (Å²) in [5.41, 5.74) is 1.33. The molecule has 1 heterocycles. The van der Waals surface area contributed by atoms with Crippen LogP contribution >= 0.6 is 0 Å². The van der Waals surface area contributed by atoms with E-state index in [1.165, 1.54) is 0 Å². The summed E-state index contributed by atoms with van der Waals surface area (Å²) in [6.07, 6.45) is 2.69. The number of nitrogens with one attached hydrogen (secondary N) is 1. The number of benzene rings is 1. The van der Waals surface area contributed by atoms with Crippen LogP contribution in [0.15, 0.2) is 18.2 Å². The van der Waals surface area contributed by atoms with Gasteiger partial charge in [0.1, 0.15) is 5.75 Å². The molecule has 1 N–H and O–H groups in total. The molecule has 1 aromatic carbocycles. The highest BCUT2D eigenvalue weighted by atomic mass is 16.7. The zero-order valence-electron chi connectivity index (χ0n) is 13.5. The Morgan fingerprint density at radius 2 is 1.76 bits per heavy atom. The molecule has 0 atom stereocenters. The lowest BCUT2D eigenvalue weighted by atomic mass is 9.77. The normalized spacial score (nSPS) is 23.2. The predicted molar refractivity (Wildman–Crippen MR) is 85.4 cm³/mol. The standard InChI is InChI=1S/C16H24BNO3/c1-15(2)16(3,4)21-17(20-15)13-10-12(19-11-6-7-11)8-9-14(13)18-5/h8-11,18H,6-7H2,1-5H3. The molecule has 1 saturated heterocycles. The molecule has 4 nitrogen and oxygen atoms in total. The highest BCUT2D eigenvalue weighted by Gasteiger charge is 2.52. The van der Waals surface area contributed by atoms with Crippen molar-refractivity contribution in [1.82, 2.24) is 0 Å². The minimum atomic E-state index is -0.375. The Bertz CT molecular complexity index is 524. The summed E-state index contributed by atoms with van der Waals surface area (Å²) in [5, 5.41) is 3.21. The molecule has 1 aromatic rings. The summed E-state index contributed by atoms with van der Waals surface area (Å²) in [6.45, 7) is 8.26. The van der Waals surface area contributed by atoms with E-state index in [9.17, 15) is 0 Å². The average Bonchev–Trinajstić information content (AvgIpc) is 3.17. The third kappa shape index (κ3) is 2.77. The Hall–Kier alpha value is -1.20. The van der Waals surface area contributed by atoms with Crippen molar-refractivity contribution in [2.45, 2.75) is 57.8 Å². The Morgan fingerprint density at radius 1 is 1.14 bits per heavy atom. The van der Waals surface area contributed by atoms with Gasteiger partial charge < -0.3 is 19.4 Å². The summed E-state index contributed by atoms with van der Waals surface area (Å²) in [7, 11) is 1.53. The maximum absolute atomic E-state index is 6.15. The first kappa shape index (κ1) is 14.7. The molecule has 1 saturated carbocycles. The van der Waals surface area contributed by atoms with Crippen LogP contribution in [-0.4, -0.2) is 31.5 Å². The molecule has 2 aliphatic rings. The first-order valence-corrected chi connectivity index (χ1v) is 7.66. The van der Waals surface area contributed by atoms with Gasteiger partial charge in [-0.1, -0.05) is 0 Å². The minimum Gasteiger partial charge on any atom is -0.490 e. The molecule has 0 radical (unpaired) electrons. The lowest BCUT2D eigenvalue weighted by Crippen LogP contribution is -2.41. The van der Waals surface area contributed by atoms with E-state index < -0.39 is 0 Å². The molecule has 0 bridgehead atoms. The Morgan fingerprint density at radius 3 is 2.29 bits per heavy atom. The first-order valence-electron chi connectivity index (χ1n) is 7.66. The lowest BCUT2D eigenvalue weighted by Gasteiger charge is -2.32. The molecular weight excluding hydrogens is 265 g/mol. The molecule has 0 amide bonds. The van der Waals surface area contributed by atoms with Crippen molar-refractivity contribution in [1.29, 1.82) is 0 Å². The Labute approximate surface area is 127 Å². The van der Waals surface area contributed by atoms with Gasteiger partial charge in [-0.05, 0) is 58.7 Å². The Kier molecular flexibility index (Phi) is 3.45. The fraction of sp³-hybridized carbons (Fsp3) is 0.625. The van der Waals surface area contributed by atoms with Gasteiger partial charge in [-0.15, -0.1) is 0 Å². The number of hydrogen-bond acceptors (Lipinski definition) is 4. The van der Waals surface area contributed by atoms with Crippen molar-refractivity contribution in [2.75, 3.05) is 12.4 Å². The molecule has 0 aromatic heterocycles. The van der Waals surface area contributed by atoms with Crippen molar-refractivity contribution in [3.8, 4) is 5.75 Å². The fourth-order valence-corrected chi connectivity index (χ4v) is 2.39. The van der Waals surface area contributed by atoms with Crippen molar-refractivity contribution in [3.05, 3.63) is 18.2 Å². The van der Waals surface area contributed by atoms with E-state index in [-0.39, 0.29) is 18.3 Å². The highest BCUT2D eigenvalue weighted by molar-refractivity contribution is 6.64. The second-order valence-electron chi connectivity index (χ2n) is 6.90. The van der Waals surface area contributed by atoms with Crippen LogP contribution in [0.4, 0.5) is 5.69 Å². The summed E-state index contributed by atoms with van der Waals surface area (Å²) >= 11 is 0. The van der Waals surface area contributed by atoms with Crippen LogP contribution < -0.4 is 15.5 Å². The maximum atomic E-state index is 6.15. The summed E-state index contributed by atoms with van der Waals surface area (Å²) in [6, 6.07) is 6.06. The van der Waals surface area contributed by atoms with Gasteiger partial charge in [0.05, 0.1) is 17.3 Å². The molecule has 2 fully saturated rings. The SMILES string of the molecule is CNc1ccc(OC2CC2)cc1B1OC(C)(C)C(C)(C)O1. The molecule has 21 heavy (non-hydrogen) atoms. The molecule has 1 aliphatic heterocycles. The van der Waals surface area contributed by atoms with Gasteiger partial charge in [0.2, 0.25) is 0 Å². The molecule has 5 heteroatoms. The summed E-state index contributed by atoms with van der Waals surface area (Å²) < 4.78 is 18.2. The minimum absolute atomic E-state index is 0.337. The number of anilines is 1. The monoisotopic (exact) mass is 289 g/mol. The lowest BCUT2D eigenvalue weighted by molar-refractivity contribution is 0.00578. The largest absolute Gasteiger partial charge is 0.497 e. The topological polar surface area (TPSA) is 39.7 Å². The number of rotatable bonds is 4. The number of hydrogen-bond donors (Lipinski definition) is 1. The predicted octanol–water partition coefficient (Wildman–Crippen LogP) is 2.57. The van der Waals surface area contributed by atoms with E-state index in [0.717, 1.165) is 29.7 Å². The van der Waals surface area contributed by atoms with E-state index in [0.29, 0.717) is 6.10 Å². The fourth-order valence-electron chi connectivity index (χ4n) is 2.39. The molecule has 114 valence electrons. The van der Waals surface area contributed by atoms with E-state index in [1.807, 2.05) is 25.2 Å². The van der Waals surface area contributed by atoms with Gasteiger partial charge in [0, 0.05) is 18.2 Å². The van der Waals surface area contributed by atoms with Gasteiger partial charge in [0.25, 0.3) is 0 Å². The van der Waals surface area contributed by atoms with Crippen LogP contribution in [0.3, 0.4) is 0 Å². The summed E-state index contributed by atoms with van der Waals surface area (Å²) in [5.74, 6) is 0.890. The zero-order chi connectivity index (χ0) is 15.3. The molecule has 1 aliphatic carbocycles. The second-order valence-corrected chi connectivity index (χ2v) is 6.90. The van der Waals surface area contributed by atoms with E-state index in [2.05, 4.69) is 33.0 Å². The van der Waals surface area contributed by atoms with Gasteiger partial charge in [-0.3, -0.25) is 0 Å². The summed E-state index contributed by atoms with van der Waals surface area (Å²) in [4.78, 5) is 0. The quantitative estimate of drug-likeness (QED) is 0.865. The van der Waals surface area contributed by atoms with Gasteiger partial charge in [-0.25, -0.2) is 0 Å². The molecule has 0 unspecified atom stereocenters. The van der Waals surface area contributed by atoms with Crippen LogP contribution in [0.1, 0.15) is 40.5 Å². The third-order valence-electron chi connectivity index (χ3n) is 4.63. The van der Waals surface area contributed by atoms with Crippen LogP contribution in [0.25, 0.3) is 0 Å². The van der Waals surface area contributed by atoms with Gasteiger partial charge in [0.15, 0.2) is 0 Å². The van der Waals surface area contributed by atoms with Gasteiger partial charge >= 0.3 is 7.12 Å². The van der Waals surface area contributed by atoms with Crippen LogP contribution in [0, 0.1) is 0 Å². The van der Waals surface area contributed by atoms with E-state index >= 15 is 0 Å². The average molecular weight is 289 g/mol. The van der Waals surface area contributed by atoms with Crippen LogP contribution in [0.5, 0.6) is 5.75 Å². The van der Waals surface area contributed by atoms with Crippen LogP contribution in [-0.2, 0) is 9.31 Å². The van der Waals surface area contributed by atoms with Crippen molar-refractivity contribution in [3.63, 3.8) is 0 Å². The zero-order valence-corrected chi connectivity index (χ0v) is 13.5. The molecular formula is C16H24BNO3. The Balaban J connectivity index is 1.89. The molecule has 0 spiro atoms. The van der Waals surface area contributed by atoms with Crippen molar-refractivity contribution < 1.29 is 14.0 Å². The number of ether oxygens (including phenoxy) is 1. The smallest absolute Gasteiger partial charge is 0.490 e. The maximum Gasteiger partial charge on any atom is 0.497 e. The van der Waals surface area contributed by atoms with Crippen molar-refractivity contribution >= 4 is 18.3 Å². The second kappa shape index (κ2) is 4.92. The van der Waals surface area contributed by atoms with E-state index in [1.54, 1.807) is 0 Å². The highest BCUT2D eigenvalue weighted by Crippen LogP contribution is 2.37. The van der Waals surface area contributed by atoms with Gasteiger partial charge in [-0.2, -0.15) is 0 Å². The third-order valence-corrected chi connectivity index (χ3v) is 4.63.